The van der Waals surface area contributed by atoms with Gasteiger partial charge < -0.3 is 4.74 Å². The van der Waals surface area contributed by atoms with Crippen LogP contribution in [-0.4, -0.2) is 12.6 Å². The Bertz CT molecular complexity index is 404. The van der Waals surface area contributed by atoms with Crippen LogP contribution in [-0.2, 0) is 16.2 Å². The predicted molar refractivity (Wildman–Crippen MR) is 82.9 cm³/mol. The molecule has 0 saturated carbocycles. The maximum atomic E-state index is 12.0. The van der Waals surface area contributed by atoms with Gasteiger partial charge in [-0.15, -0.1) is 11.3 Å². The van der Waals surface area contributed by atoms with E-state index in [0.717, 1.165) is 29.2 Å². The van der Waals surface area contributed by atoms with Crippen LogP contribution in [0.15, 0.2) is 6.07 Å². The van der Waals surface area contributed by atoms with Gasteiger partial charge in [0, 0.05) is 16.4 Å². The zero-order valence-corrected chi connectivity index (χ0v) is 13.4. The first-order valence-electron chi connectivity index (χ1n) is 7.11. The van der Waals surface area contributed by atoms with E-state index in [4.69, 9.17) is 4.74 Å². The quantitative estimate of drug-likeness (QED) is 0.672. The van der Waals surface area contributed by atoms with Crippen LogP contribution >= 0.6 is 23.1 Å². The lowest BCUT2D eigenvalue weighted by molar-refractivity contribution is 0.0434. The summed E-state index contributed by atoms with van der Waals surface area (Å²) in [5.41, 5.74) is 1.33. The molecule has 2 rings (SSSR count). The molecule has 2 nitrogen and oxygen atoms in total. The number of ether oxygens (including phenoxy) is 1. The summed E-state index contributed by atoms with van der Waals surface area (Å²) in [5.74, 6) is 2.50. The molecule has 2 heterocycles. The van der Waals surface area contributed by atoms with Crippen molar-refractivity contribution in [2.24, 2.45) is 5.92 Å². The summed E-state index contributed by atoms with van der Waals surface area (Å²) in [5, 5.41) is 0. The Morgan fingerprint density at radius 2 is 2.26 bits per heavy atom. The molecule has 0 N–H and O–H groups in total. The van der Waals surface area contributed by atoms with Gasteiger partial charge in [0.25, 0.3) is 0 Å². The molecule has 0 radical (unpaired) electrons. The van der Waals surface area contributed by atoms with Crippen LogP contribution in [0.1, 0.15) is 59.6 Å². The molecule has 106 valence electrons. The van der Waals surface area contributed by atoms with Crippen LogP contribution in [0.2, 0.25) is 0 Å². The highest BCUT2D eigenvalue weighted by molar-refractivity contribution is 7.98. The molecule has 1 unspecified atom stereocenters. The van der Waals surface area contributed by atoms with Gasteiger partial charge in [-0.3, -0.25) is 0 Å². The minimum atomic E-state index is -0.126. The number of thiophene rings is 1. The maximum absolute atomic E-state index is 12.0. The summed E-state index contributed by atoms with van der Waals surface area (Å²) in [7, 11) is 0. The van der Waals surface area contributed by atoms with Crippen LogP contribution < -0.4 is 0 Å². The van der Waals surface area contributed by atoms with E-state index in [1.165, 1.54) is 23.3 Å². The molecule has 1 aromatic heterocycles. The topological polar surface area (TPSA) is 26.3 Å². The van der Waals surface area contributed by atoms with Gasteiger partial charge >= 0.3 is 5.97 Å². The van der Waals surface area contributed by atoms with Crippen molar-refractivity contribution in [1.29, 1.82) is 0 Å². The summed E-state index contributed by atoms with van der Waals surface area (Å²) in [6.45, 7) is 4.95. The third-order valence-electron chi connectivity index (χ3n) is 3.58. The second-order valence-electron chi connectivity index (χ2n) is 5.07. The lowest BCUT2D eigenvalue weighted by Gasteiger charge is -2.14. The molecule has 0 bridgehead atoms. The smallest absolute Gasteiger partial charge is 0.348 e. The number of fused-ring (bicyclic) bond motifs is 1. The van der Waals surface area contributed by atoms with Gasteiger partial charge in [0.15, 0.2) is 0 Å². The largest absolute Gasteiger partial charge is 0.461 e. The highest BCUT2D eigenvalue weighted by atomic mass is 32.2. The standard InChI is InChI=1S/C15H22O2S2/c1-3-5-6-11(4-2)8-17-15(16)13-7-12-9-18-10-14(12)19-13/h7,11H,3-6,8-10H2,1-2H3. The van der Waals surface area contributed by atoms with Crippen LogP contribution in [0.5, 0.6) is 0 Å². The van der Waals surface area contributed by atoms with Crippen LogP contribution in [0, 0.1) is 5.92 Å². The molecule has 0 fully saturated rings. The highest BCUT2D eigenvalue weighted by Crippen LogP contribution is 2.36. The average Bonchev–Trinajstić information content (AvgIpc) is 2.99. The van der Waals surface area contributed by atoms with Crippen molar-refractivity contribution >= 4 is 29.1 Å². The molecular formula is C15H22O2S2. The SMILES string of the molecule is CCCCC(CC)COC(=O)c1cc2c(s1)CSC2. The number of rotatable bonds is 7. The minimum Gasteiger partial charge on any atom is -0.461 e. The monoisotopic (exact) mass is 298 g/mol. The molecular weight excluding hydrogens is 276 g/mol. The number of hydrogen-bond acceptors (Lipinski definition) is 4. The van der Waals surface area contributed by atoms with E-state index in [-0.39, 0.29) is 5.97 Å². The molecule has 0 saturated heterocycles. The van der Waals surface area contributed by atoms with Crippen molar-refractivity contribution in [1.82, 2.24) is 0 Å². The number of thioether (sulfide) groups is 1. The van der Waals surface area contributed by atoms with Gasteiger partial charge in [-0.2, -0.15) is 11.8 Å². The van der Waals surface area contributed by atoms with E-state index in [0.29, 0.717) is 12.5 Å². The fourth-order valence-corrected chi connectivity index (χ4v) is 4.63. The number of esters is 1. The van der Waals surface area contributed by atoms with E-state index < -0.39 is 0 Å². The Balaban J connectivity index is 1.83. The first kappa shape index (κ1) is 14.9. The van der Waals surface area contributed by atoms with Gasteiger partial charge in [0.2, 0.25) is 0 Å². The first-order chi connectivity index (χ1) is 9.24. The summed E-state index contributed by atoms with van der Waals surface area (Å²) in [6, 6.07) is 2.02. The Morgan fingerprint density at radius 3 is 2.95 bits per heavy atom. The molecule has 4 heteroatoms. The Kier molecular flexibility index (Phi) is 5.76. The van der Waals surface area contributed by atoms with Crippen LogP contribution in [0.4, 0.5) is 0 Å². The fraction of sp³-hybridized carbons (Fsp3) is 0.667. The van der Waals surface area contributed by atoms with Crippen molar-refractivity contribution in [3.05, 3.63) is 21.4 Å². The number of unbranched alkanes of at least 4 members (excludes halogenated alkanes) is 1. The van der Waals surface area contributed by atoms with E-state index in [2.05, 4.69) is 13.8 Å². The first-order valence-corrected chi connectivity index (χ1v) is 9.08. The second-order valence-corrected chi connectivity index (χ2v) is 7.19. The molecule has 1 aliphatic rings. The zero-order valence-electron chi connectivity index (χ0n) is 11.7. The fourth-order valence-electron chi connectivity index (χ4n) is 2.23. The zero-order chi connectivity index (χ0) is 13.7. The third kappa shape index (κ3) is 3.99. The molecule has 0 aromatic carbocycles. The average molecular weight is 298 g/mol. The number of carbonyl (C=O) groups excluding carboxylic acids is 1. The van der Waals surface area contributed by atoms with Gasteiger partial charge in [-0.05, 0) is 24.0 Å². The number of hydrogen-bond donors (Lipinski definition) is 0. The lowest BCUT2D eigenvalue weighted by atomic mass is 10.0. The van der Waals surface area contributed by atoms with Crippen molar-refractivity contribution in [2.45, 2.75) is 51.0 Å². The van der Waals surface area contributed by atoms with Gasteiger partial charge in [-0.1, -0.05) is 33.1 Å². The second kappa shape index (κ2) is 7.34. The molecule has 1 aromatic rings. The lowest BCUT2D eigenvalue weighted by Crippen LogP contribution is -2.13. The molecule has 1 atom stereocenters. The van der Waals surface area contributed by atoms with Crippen molar-refractivity contribution in [3.8, 4) is 0 Å². The van der Waals surface area contributed by atoms with Gasteiger partial charge in [0.1, 0.15) is 4.88 Å². The summed E-state index contributed by atoms with van der Waals surface area (Å²) >= 11 is 3.53. The molecule has 0 spiro atoms. The third-order valence-corrected chi connectivity index (χ3v) is 5.93. The van der Waals surface area contributed by atoms with E-state index >= 15 is 0 Å². The van der Waals surface area contributed by atoms with Crippen molar-refractivity contribution in [2.75, 3.05) is 6.61 Å². The van der Waals surface area contributed by atoms with E-state index in [9.17, 15) is 4.79 Å². The summed E-state index contributed by atoms with van der Waals surface area (Å²) in [6.07, 6.45) is 4.68. The minimum absolute atomic E-state index is 0.126. The maximum Gasteiger partial charge on any atom is 0.348 e. The van der Waals surface area contributed by atoms with E-state index in [1.54, 1.807) is 11.3 Å². The molecule has 19 heavy (non-hydrogen) atoms. The Hall–Kier alpha value is -0.480. The van der Waals surface area contributed by atoms with Gasteiger partial charge in [-0.25, -0.2) is 4.79 Å². The molecule has 0 aliphatic carbocycles. The van der Waals surface area contributed by atoms with Crippen molar-refractivity contribution < 1.29 is 9.53 Å². The summed E-state index contributed by atoms with van der Waals surface area (Å²) in [4.78, 5) is 14.2. The molecule has 1 aliphatic heterocycles. The Morgan fingerprint density at radius 1 is 1.42 bits per heavy atom. The van der Waals surface area contributed by atoms with Gasteiger partial charge in [0.05, 0.1) is 6.61 Å². The molecule has 0 amide bonds. The van der Waals surface area contributed by atoms with Crippen molar-refractivity contribution in [3.63, 3.8) is 0 Å². The van der Waals surface area contributed by atoms with E-state index in [1.807, 2.05) is 17.8 Å². The van der Waals surface area contributed by atoms with Crippen LogP contribution in [0.3, 0.4) is 0 Å². The van der Waals surface area contributed by atoms with Crippen LogP contribution in [0.25, 0.3) is 0 Å². The normalized spacial score (nSPS) is 15.3. The predicted octanol–water partition coefficient (Wildman–Crippen LogP) is 4.87. The highest BCUT2D eigenvalue weighted by Gasteiger charge is 2.20. The summed E-state index contributed by atoms with van der Waals surface area (Å²) < 4.78 is 5.48. The Labute approximate surface area is 123 Å². The number of carbonyl (C=O) groups is 1.